The normalized spacial score (nSPS) is 14.9. The molecule has 4 nitrogen and oxygen atoms in total. The van der Waals surface area contributed by atoms with E-state index in [9.17, 15) is 18.0 Å². The van der Waals surface area contributed by atoms with Crippen LogP contribution in [0, 0.1) is 0 Å². The van der Waals surface area contributed by atoms with E-state index in [4.69, 9.17) is 16.3 Å². The van der Waals surface area contributed by atoms with Gasteiger partial charge in [0.15, 0.2) is 0 Å². The van der Waals surface area contributed by atoms with E-state index in [-0.39, 0.29) is 22.3 Å². The summed E-state index contributed by atoms with van der Waals surface area (Å²) in [5, 5.41) is 0.616. The van der Waals surface area contributed by atoms with Gasteiger partial charge in [-0.1, -0.05) is 17.7 Å². The Kier molecular flexibility index (Phi) is 4.84. The summed E-state index contributed by atoms with van der Waals surface area (Å²) >= 11 is 6.01. The summed E-state index contributed by atoms with van der Waals surface area (Å²) in [4.78, 5) is 17.0. The zero-order chi connectivity index (χ0) is 21.8. The largest absolute Gasteiger partial charge is 0.443 e. The van der Waals surface area contributed by atoms with E-state index in [1.54, 1.807) is 20.8 Å². The maximum absolute atomic E-state index is 13.8. The predicted octanol–water partition coefficient (Wildman–Crippen LogP) is 7.04. The average Bonchev–Trinajstić information content (AvgIpc) is 3.39. The van der Waals surface area contributed by atoms with Crippen molar-refractivity contribution in [1.82, 2.24) is 9.55 Å². The lowest BCUT2D eigenvalue weighted by atomic mass is 9.98. The van der Waals surface area contributed by atoms with Crippen LogP contribution in [0.5, 0.6) is 0 Å². The molecular formula is C22H20ClF3N2O2. The number of benzene rings is 1. The molecule has 3 aromatic rings. The predicted molar refractivity (Wildman–Crippen MR) is 109 cm³/mol. The number of alkyl halides is 3. The topological polar surface area (TPSA) is 44.1 Å². The van der Waals surface area contributed by atoms with Crippen LogP contribution >= 0.6 is 11.6 Å². The van der Waals surface area contributed by atoms with Gasteiger partial charge >= 0.3 is 12.3 Å². The summed E-state index contributed by atoms with van der Waals surface area (Å²) in [6.45, 7) is 5.08. The van der Waals surface area contributed by atoms with Crippen molar-refractivity contribution in [2.75, 3.05) is 0 Å². The minimum Gasteiger partial charge on any atom is -0.443 e. The highest BCUT2D eigenvalue weighted by atomic mass is 35.5. The number of aromatic nitrogens is 2. The fourth-order valence-corrected chi connectivity index (χ4v) is 3.62. The first-order valence-electron chi connectivity index (χ1n) is 9.56. The Morgan fingerprint density at radius 1 is 1.17 bits per heavy atom. The van der Waals surface area contributed by atoms with Gasteiger partial charge in [0, 0.05) is 23.2 Å². The number of nitrogens with zero attached hydrogens (tertiary/aromatic N) is 2. The maximum atomic E-state index is 13.8. The van der Waals surface area contributed by atoms with Gasteiger partial charge in [0.05, 0.1) is 16.8 Å². The van der Waals surface area contributed by atoms with Gasteiger partial charge in [0.2, 0.25) is 0 Å². The van der Waals surface area contributed by atoms with E-state index in [1.807, 2.05) is 0 Å². The summed E-state index contributed by atoms with van der Waals surface area (Å²) in [5.74, 6) is 0.251. The van der Waals surface area contributed by atoms with Crippen LogP contribution in [0.2, 0.25) is 5.15 Å². The van der Waals surface area contributed by atoms with Crippen LogP contribution in [0.3, 0.4) is 0 Å². The first-order valence-corrected chi connectivity index (χ1v) is 9.94. The Morgan fingerprint density at radius 2 is 1.87 bits per heavy atom. The van der Waals surface area contributed by atoms with Gasteiger partial charge in [-0.05, 0) is 63.3 Å². The summed E-state index contributed by atoms with van der Waals surface area (Å²) in [6, 6.07) is 7.10. The number of halogens is 4. The van der Waals surface area contributed by atoms with E-state index in [0.717, 1.165) is 29.0 Å². The highest BCUT2D eigenvalue weighted by molar-refractivity contribution is 6.30. The summed E-state index contributed by atoms with van der Waals surface area (Å²) in [7, 11) is 0. The van der Waals surface area contributed by atoms with Crippen molar-refractivity contribution < 1.29 is 22.7 Å². The quantitative estimate of drug-likeness (QED) is 0.405. The number of ether oxygens (including phenoxy) is 1. The number of carbonyl (C=O) groups is 1. The van der Waals surface area contributed by atoms with E-state index in [1.165, 1.54) is 30.5 Å². The average molecular weight is 437 g/mol. The standard InChI is InChI=1S/C22H20ClF3N2O2/c1-21(2,3)30-20(29)28-17-10-19(23)27-11-14(17)9-18(28)15-8-13(12-4-5-12)6-7-16(15)22(24,25)26/h6-12H,4-5H2,1-3H3. The van der Waals surface area contributed by atoms with Crippen LogP contribution in [0.25, 0.3) is 22.2 Å². The van der Waals surface area contributed by atoms with Crippen molar-refractivity contribution in [2.45, 2.75) is 51.3 Å². The summed E-state index contributed by atoms with van der Waals surface area (Å²) in [5.41, 5.74) is -0.439. The summed E-state index contributed by atoms with van der Waals surface area (Å²) in [6.07, 6.45) is -2.04. The van der Waals surface area contributed by atoms with Crippen LogP contribution in [0.15, 0.2) is 36.5 Å². The molecular weight excluding hydrogens is 417 g/mol. The molecule has 30 heavy (non-hydrogen) atoms. The maximum Gasteiger partial charge on any atom is 0.419 e. The molecule has 0 amide bonds. The molecule has 0 aliphatic heterocycles. The minimum atomic E-state index is -4.58. The molecule has 8 heteroatoms. The molecule has 158 valence electrons. The van der Waals surface area contributed by atoms with E-state index < -0.39 is 23.4 Å². The Bertz CT molecular complexity index is 1140. The summed E-state index contributed by atoms with van der Waals surface area (Å²) < 4.78 is 48.2. The molecule has 1 aromatic carbocycles. The van der Waals surface area contributed by atoms with Crippen molar-refractivity contribution in [1.29, 1.82) is 0 Å². The van der Waals surface area contributed by atoms with Crippen LogP contribution in [-0.2, 0) is 10.9 Å². The molecule has 4 rings (SSSR count). The lowest BCUT2D eigenvalue weighted by Crippen LogP contribution is -2.27. The van der Waals surface area contributed by atoms with Crippen LogP contribution in [0.1, 0.15) is 50.7 Å². The molecule has 1 saturated carbocycles. The van der Waals surface area contributed by atoms with E-state index >= 15 is 0 Å². The number of rotatable bonds is 2. The van der Waals surface area contributed by atoms with Crippen molar-refractivity contribution in [3.8, 4) is 11.3 Å². The molecule has 0 unspecified atom stereocenters. The highest BCUT2D eigenvalue weighted by Crippen LogP contribution is 2.45. The second kappa shape index (κ2) is 7.01. The smallest absolute Gasteiger partial charge is 0.419 e. The molecule has 1 aliphatic rings. The molecule has 1 aliphatic carbocycles. The zero-order valence-electron chi connectivity index (χ0n) is 16.7. The Hall–Kier alpha value is -2.54. The third-order valence-corrected chi connectivity index (χ3v) is 5.11. The number of hydrogen-bond acceptors (Lipinski definition) is 3. The van der Waals surface area contributed by atoms with E-state index in [2.05, 4.69) is 4.98 Å². The minimum absolute atomic E-state index is 0.0647. The van der Waals surface area contributed by atoms with Gasteiger partial charge in [-0.25, -0.2) is 14.3 Å². The molecule has 2 aromatic heterocycles. The van der Waals surface area contributed by atoms with Crippen molar-refractivity contribution >= 4 is 28.6 Å². The molecule has 0 atom stereocenters. The molecule has 0 spiro atoms. The highest BCUT2D eigenvalue weighted by Gasteiger charge is 2.36. The second-order valence-corrected chi connectivity index (χ2v) is 8.88. The van der Waals surface area contributed by atoms with Crippen LogP contribution in [-0.4, -0.2) is 21.2 Å². The third kappa shape index (κ3) is 4.03. The van der Waals surface area contributed by atoms with Crippen molar-refractivity contribution in [3.05, 3.63) is 52.8 Å². The van der Waals surface area contributed by atoms with E-state index in [0.29, 0.717) is 10.9 Å². The first kappa shape index (κ1) is 20.7. The molecule has 1 fully saturated rings. The number of pyridine rings is 1. The van der Waals surface area contributed by atoms with Gasteiger partial charge in [-0.15, -0.1) is 0 Å². The third-order valence-electron chi connectivity index (χ3n) is 4.90. The molecule has 2 heterocycles. The number of hydrogen-bond donors (Lipinski definition) is 0. The lowest BCUT2D eigenvalue weighted by Gasteiger charge is -2.22. The van der Waals surface area contributed by atoms with Gasteiger partial charge in [0.1, 0.15) is 10.8 Å². The fraction of sp³-hybridized carbons (Fsp3) is 0.364. The fourth-order valence-electron chi connectivity index (χ4n) is 3.47. The molecule has 0 radical (unpaired) electrons. The van der Waals surface area contributed by atoms with Gasteiger partial charge in [-0.2, -0.15) is 13.2 Å². The molecule has 0 N–H and O–H groups in total. The number of fused-ring (bicyclic) bond motifs is 1. The van der Waals surface area contributed by atoms with Crippen molar-refractivity contribution in [3.63, 3.8) is 0 Å². The second-order valence-electron chi connectivity index (χ2n) is 8.49. The molecule has 0 saturated heterocycles. The lowest BCUT2D eigenvalue weighted by molar-refractivity contribution is -0.137. The number of carbonyl (C=O) groups excluding carboxylic acids is 1. The van der Waals surface area contributed by atoms with Crippen LogP contribution in [0.4, 0.5) is 18.0 Å². The Labute approximate surface area is 176 Å². The Balaban J connectivity index is 2.00. The first-order chi connectivity index (χ1) is 13.9. The van der Waals surface area contributed by atoms with Crippen LogP contribution < -0.4 is 0 Å². The molecule has 0 bridgehead atoms. The van der Waals surface area contributed by atoms with Crippen molar-refractivity contribution in [2.24, 2.45) is 0 Å². The van der Waals surface area contributed by atoms with Gasteiger partial charge in [0.25, 0.3) is 0 Å². The Morgan fingerprint density at radius 3 is 2.47 bits per heavy atom. The van der Waals surface area contributed by atoms with Gasteiger partial charge < -0.3 is 4.74 Å². The van der Waals surface area contributed by atoms with Gasteiger partial charge in [-0.3, -0.25) is 0 Å². The zero-order valence-corrected chi connectivity index (χ0v) is 17.4. The monoisotopic (exact) mass is 436 g/mol. The SMILES string of the molecule is CC(C)(C)OC(=O)n1c(-c2cc(C3CC3)ccc2C(F)(F)F)cc2cnc(Cl)cc21.